The number of hydrogen-bond acceptors (Lipinski definition) is 8. The van der Waals surface area contributed by atoms with Gasteiger partial charge in [-0.15, -0.1) is 0 Å². The van der Waals surface area contributed by atoms with Crippen LogP contribution >= 0.6 is 0 Å². The van der Waals surface area contributed by atoms with Gasteiger partial charge in [0.25, 0.3) is 0 Å². The Labute approximate surface area is 234 Å². The molecule has 0 aliphatic heterocycles. The van der Waals surface area contributed by atoms with Gasteiger partial charge in [-0.1, -0.05) is 44.7 Å². The first-order chi connectivity index (χ1) is 19.3. The third-order valence-corrected chi connectivity index (χ3v) is 5.64. The van der Waals surface area contributed by atoms with Crippen LogP contribution in [-0.2, 0) is 23.9 Å². The molecule has 0 fully saturated rings. The van der Waals surface area contributed by atoms with Crippen LogP contribution in [-0.4, -0.2) is 44.3 Å². The molecule has 0 amide bonds. The van der Waals surface area contributed by atoms with Crippen LogP contribution in [0.3, 0.4) is 0 Å². The quantitative estimate of drug-likeness (QED) is 0.103. The minimum atomic E-state index is -0.449. The second-order valence-corrected chi connectivity index (χ2v) is 8.81. The van der Waals surface area contributed by atoms with Gasteiger partial charge in [0.05, 0.1) is 0 Å². The van der Waals surface area contributed by atoms with E-state index in [2.05, 4.69) is 6.58 Å². The summed E-state index contributed by atoms with van der Waals surface area (Å²) in [6, 6.07) is 20.6. The monoisotopic (exact) mass is 546 g/mol. The van der Waals surface area contributed by atoms with Crippen molar-refractivity contribution in [1.29, 1.82) is 0 Å². The maximum atomic E-state index is 12.0. The van der Waals surface area contributed by atoms with Gasteiger partial charge in [-0.2, -0.15) is 0 Å². The summed E-state index contributed by atoms with van der Waals surface area (Å²) in [5, 5.41) is 0. The summed E-state index contributed by atoms with van der Waals surface area (Å²) < 4.78 is 26.9. The van der Waals surface area contributed by atoms with E-state index in [4.69, 9.17) is 23.7 Å². The minimum absolute atomic E-state index is 0.123. The Morgan fingerprint density at radius 3 is 1.52 bits per heavy atom. The van der Waals surface area contributed by atoms with E-state index in [1.54, 1.807) is 20.8 Å². The van der Waals surface area contributed by atoms with Gasteiger partial charge in [0.15, 0.2) is 0 Å². The van der Waals surface area contributed by atoms with Crippen molar-refractivity contribution in [3.8, 4) is 39.5 Å². The smallest absolute Gasteiger partial charge is 0.333 e. The predicted molar refractivity (Wildman–Crippen MR) is 151 cm³/mol. The fourth-order valence-corrected chi connectivity index (χ4v) is 3.52. The Morgan fingerprint density at radius 2 is 1.07 bits per heavy atom. The topological polar surface area (TPSA) is 97.4 Å². The van der Waals surface area contributed by atoms with E-state index in [0.29, 0.717) is 29.2 Å². The highest BCUT2D eigenvalue weighted by Gasteiger charge is 2.10. The predicted octanol–water partition coefficient (Wildman–Crippen LogP) is 6.17. The van der Waals surface area contributed by atoms with E-state index < -0.39 is 5.97 Å². The molecule has 0 saturated heterocycles. The molecule has 3 rings (SSSR count). The molecule has 0 unspecified atom stereocenters. The minimum Gasteiger partial charge on any atom is -0.490 e. The van der Waals surface area contributed by atoms with Crippen LogP contribution < -0.4 is 14.2 Å². The van der Waals surface area contributed by atoms with Crippen LogP contribution in [0.2, 0.25) is 0 Å². The summed E-state index contributed by atoms with van der Waals surface area (Å²) in [6.45, 7) is 9.41. The average Bonchev–Trinajstić information content (AvgIpc) is 2.97. The number of esters is 3. The molecule has 8 heteroatoms. The van der Waals surface area contributed by atoms with E-state index in [-0.39, 0.29) is 44.8 Å². The second kappa shape index (κ2) is 15.1. The average molecular weight is 547 g/mol. The first-order valence-corrected chi connectivity index (χ1v) is 13.1. The van der Waals surface area contributed by atoms with Crippen molar-refractivity contribution in [3.05, 3.63) is 78.9 Å². The maximum absolute atomic E-state index is 12.0. The maximum Gasteiger partial charge on any atom is 0.333 e. The van der Waals surface area contributed by atoms with Crippen molar-refractivity contribution in [1.82, 2.24) is 0 Å². The normalized spacial score (nSPS) is 10.4. The molecular formula is C32H34O8. The Balaban J connectivity index is 1.73. The van der Waals surface area contributed by atoms with Crippen LogP contribution in [0.5, 0.6) is 17.2 Å². The molecule has 210 valence electrons. The van der Waals surface area contributed by atoms with Gasteiger partial charge in [0, 0.05) is 18.4 Å². The largest absolute Gasteiger partial charge is 0.490 e. The molecule has 0 spiro atoms. The fraction of sp³-hybridized carbons (Fsp3) is 0.281. The first kappa shape index (κ1) is 30.0. The van der Waals surface area contributed by atoms with Crippen molar-refractivity contribution in [2.45, 2.75) is 33.6 Å². The van der Waals surface area contributed by atoms with Crippen LogP contribution in [0.15, 0.2) is 78.9 Å². The molecule has 8 nitrogen and oxygen atoms in total. The lowest BCUT2D eigenvalue weighted by Gasteiger charge is -2.12. The highest BCUT2D eigenvalue weighted by Crippen LogP contribution is 2.33. The summed E-state index contributed by atoms with van der Waals surface area (Å²) >= 11 is 0. The van der Waals surface area contributed by atoms with Crippen LogP contribution in [0.4, 0.5) is 0 Å². The van der Waals surface area contributed by atoms with E-state index in [9.17, 15) is 14.4 Å². The summed E-state index contributed by atoms with van der Waals surface area (Å²) in [5.74, 6) is 0.681. The first-order valence-electron chi connectivity index (χ1n) is 13.1. The number of hydrogen-bond donors (Lipinski definition) is 0. The molecule has 0 aliphatic carbocycles. The number of benzene rings is 3. The third-order valence-electron chi connectivity index (χ3n) is 5.64. The van der Waals surface area contributed by atoms with Gasteiger partial charge >= 0.3 is 17.9 Å². The number of rotatable bonds is 14. The summed E-state index contributed by atoms with van der Waals surface area (Å²) in [6.07, 6.45) is 0.586. The van der Waals surface area contributed by atoms with Crippen LogP contribution in [0, 0.1) is 0 Å². The molecule has 3 aromatic rings. The van der Waals surface area contributed by atoms with Crippen molar-refractivity contribution in [3.63, 3.8) is 0 Å². The van der Waals surface area contributed by atoms with Crippen molar-refractivity contribution < 1.29 is 38.1 Å². The highest BCUT2D eigenvalue weighted by atomic mass is 16.6. The second-order valence-electron chi connectivity index (χ2n) is 8.81. The zero-order valence-corrected chi connectivity index (χ0v) is 23.1. The Morgan fingerprint density at radius 1 is 0.600 bits per heavy atom. The number of carbonyl (C=O) groups excluding carboxylic acids is 3. The molecular weight excluding hydrogens is 512 g/mol. The third kappa shape index (κ3) is 9.31. The molecule has 0 saturated carbocycles. The molecule has 3 aromatic carbocycles. The summed E-state index contributed by atoms with van der Waals surface area (Å²) in [5.41, 5.74) is 3.87. The van der Waals surface area contributed by atoms with Crippen molar-refractivity contribution in [2.24, 2.45) is 0 Å². The van der Waals surface area contributed by atoms with Gasteiger partial charge in [0.1, 0.15) is 43.7 Å². The summed E-state index contributed by atoms with van der Waals surface area (Å²) in [7, 11) is 0. The number of carbonyl (C=O) groups is 3. The molecule has 40 heavy (non-hydrogen) atoms. The molecule has 0 atom stereocenters. The molecule has 0 heterocycles. The fourth-order valence-electron chi connectivity index (χ4n) is 3.52. The number of ether oxygens (including phenoxy) is 5. The molecule has 0 aromatic heterocycles. The lowest BCUT2D eigenvalue weighted by atomic mass is 9.98. The molecule has 0 radical (unpaired) electrons. The van der Waals surface area contributed by atoms with Crippen molar-refractivity contribution in [2.75, 3.05) is 26.4 Å². The Kier molecular flexibility index (Phi) is 11.3. The van der Waals surface area contributed by atoms with Gasteiger partial charge in [-0.05, 0) is 71.6 Å². The zero-order chi connectivity index (χ0) is 28.9. The van der Waals surface area contributed by atoms with Crippen LogP contribution in [0.1, 0.15) is 33.6 Å². The van der Waals surface area contributed by atoms with Crippen LogP contribution in [0.25, 0.3) is 22.3 Å². The lowest BCUT2D eigenvalue weighted by Crippen LogP contribution is -2.12. The Hall–Kier alpha value is -4.59. The van der Waals surface area contributed by atoms with Crippen molar-refractivity contribution >= 4 is 17.9 Å². The SMILES string of the molecule is C=C(C)C(=O)OCCOc1ccc(-c2cc(OC(=O)CC)cc(-c3ccc(OCCOC(=O)CC)cc3)c2)cc1. The Bertz CT molecular complexity index is 1310. The molecule has 0 N–H and O–H groups in total. The van der Waals surface area contributed by atoms with E-state index in [1.165, 1.54) is 0 Å². The van der Waals surface area contributed by atoms with E-state index in [1.807, 2.05) is 66.7 Å². The highest BCUT2D eigenvalue weighted by molar-refractivity contribution is 5.86. The van der Waals surface area contributed by atoms with Gasteiger partial charge in [-0.3, -0.25) is 9.59 Å². The standard InChI is InChI=1S/C32H34O8/c1-5-30(33)38-17-15-36-27-11-7-23(8-12-27)25-19-26(21-29(20-25)40-31(34)6-2)24-9-13-28(14-10-24)37-16-18-39-32(35)22(3)4/h7-14,19-21H,3,5-6,15-18H2,1-2,4H3. The zero-order valence-electron chi connectivity index (χ0n) is 23.1. The molecule has 0 bridgehead atoms. The van der Waals surface area contributed by atoms with Gasteiger partial charge < -0.3 is 23.7 Å². The lowest BCUT2D eigenvalue weighted by molar-refractivity contribution is -0.144. The molecule has 0 aliphatic rings. The van der Waals surface area contributed by atoms with Gasteiger partial charge in [-0.25, -0.2) is 4.79 Å². The summed E-state index contributed by atoms with van der Waals surface area (Å²) in [4.78, 5) is 34.7. The van der Waals surface area contributed by atoms with E-state index >= 15 is 0 Å². The van der Waals surface area contributed by atoms with Gasteiger partial charge in [0.2, 0.25) is 0 Å². The van der Waals surface area contributed by atoms with E-state index in [0.717, 1.165) is 22.3 Å².